The van der Waals surface area contributed by atoms with Crippen LogP contribution in [0.2, 0.25) is 0 Å². The molecule has 0 bridgehead atoms. The molecule has 3 aromatic carbocycles. The summed E-state index contributed by atoms with van der Waals surface area (Å²) < 4.78 is 13.8. The SMILES string of the molecule is Cc1ccc(OCCOc2ccc(C=c3sc4nc5ccccc5n4c3=O)cc2)cc1. The highest BCUT2D eigenvalue weighted by atomic mass is 32.1. The van der Waals surface area contributed by atoms with E-state index in [0.29, 0.717) is 22.7 Å². The summed E-state index contributed by atoms with van der Waals surface area (Å²) in [5.74, 6) is 1.60. The van der Waals surface area contributed by atoms with Crippen LogP contribution in [0.1, 0.15) is 11.1 Å². The number of thiazole rings is 1. The Kier molecular flexibility index (Phi) is 5.14. The number of nitrogens with zero attached hydrogens (tertiary/aromatic N) is 2. The Labute approximate surface area is 182 Å². The molecule has 0 spiro atoms. The second-order valence-electron chi connectivity index (χ2n) is 7.21. The van der Waals surface area contributed by atoms with E-state index >= 15 is 0 Å². The maximum Gasteiger partial charge on any atom is 0.274 e. The molecule has 5 rings (SSSR count). The summed E-state index contributed by atoms with van der Waals surface area (Å²) in [6.07, 6.45) is 1.89. The maximum atomic E-state index is 12.8. The van der Waals surface area contributed by atoms with Crippen LogP contribution in [0.25, 0.3) is 22.1 Å². The van der Waals surface area contributed by atoms with Crippen molar-refractivity contribution < 1.29 is 9.47 Å². The van der Waals surface area contributed by atoms with Gasteiger partial charge in [0.1, 0.15) is 24.7 Å². The topological polar surface area (TPSA) is 52.8 Å². The van der Waals surface area contributed by atoms with E-state index in [4.69, 9.17) is 9.47 Å². The van der Waals surface area contributed by atoms with Gasteiger partial charge in [0.05, 0.1) is 15.6 Å². The molecule has 31 heavy (non-hydrogen) atoms. The number of hydrogen-bond acceptors (Lipinski definition) is 5. The van der Waals surface area contributed by atoms with E-state index < -0.39 is 0 Å². The molecule has 0 radical (unpaired) electrons. The fourth-order valence-corrected chi connectivity index (χ4v) is 4.36. The fourth-order valence-electron chi connectivity index (χ4n) is 3.38. The molecule has 0 aliphatic heterocycles. The number of rotatable bonds is 6. The highest BCUT2D eigenvalue weighted by Crippen LogP contribution is 2.17. The van der Waals surface area contributed by atoms with E-state index in [2.05, 4.69) is 4.98 Å². The standard InChI is InChI=1S/C25H20N2O3S/c1-17-6-10-19(11-7-17)29-14-15-30-20-12-8-18(9-13-20)16-23-24(28)27-22-5-3-2-4-21(22)26-25(27)31-23/h2-13,16H,14-15H2,1H3. The van der Waals surface area contributed by atoms with Crippen LogP contribution in [-0.2, 0) is 0 Å². The molecule has 2 heterocycles. The lowest BCUT2D eigenvalue weighted by molar-refractivity contribution is 0.217. The van der Waals surface area contributed by atoms with E-state index in [-0.39, 0.29) is 5.56 Å². The molecule has 2 aromatic heterocycles. The normalized spacial score (nSPS) is 12.0. The Balaban J connectivity index is 1.26. The van der Waals surface area contributed by atoms with Crippen LogP contribution < -0.4 is 19.6 Å². The number of fused-ring (bicyclic) bond motifs is 3. The molecule has 6 heteroatoms. The lowest BCUT2D eigenvalue weighted by Crippen LogP contribution is -2.22. The van der Waals surface area contributed by atoms with Crippen molar-refractivity contribution in [1.29, 1.82) is 0 Å². The predicted molar refractivity (Wildman–Crippen MR) is 124 cm³/mol. The molecular weight excluding hydrogens is 408 g/mol. The van der Waals surface area contributed by atoms with Crippen LogP contribution in [0.3, 0.4) is 0 Å². The second-order valence-corrected chi connectivity index (χ2v) is 8.22. The molecular formula is C25H20N2O3S. The minimum Gasteiger partial charge on any atom is -0.490 e. The first-order valence-electron chi connectivity index (χ1n) is 10.0. The Morgan fingerprint density at radius 3 is 2.26 bits per heavy atom. The average Bonchev–Trinajstić information content (AvgIpc) is 3.30. The van der Waals surface area contributed by atoms with Gasteiger partial charge in [0.15, 0.2) is 4.96 Å². The van der Waals surface area contributed by atoms with Gasteiger partial charge in [-0.1, -0.05) is 53.3 Å². The molecule has 0 saturated heterocycles. The third-order valence-corrected chi connectivity index (χ3v) is 5.93. The smallest absolute Gasteiger partial charge is 0.274 e. The molecule has 0 unspecified atom stereocenters. The van der Waals surface area contributed by atoms with E-state index in [1.54, 1.807) is 4.40 Å². The summed E-state index contributed by atoms with van der Waals surface area (Å²) in [6, 6.07) is 23.3. The number of para-hydroxylation sites is 2. The maximum absolute atomic E-state index is 12.8. The van der Waals surface area contributed by atoms with Crippen molar-refractivity contribution >= 4 is 33.4 Å². The monoisotopic (exact) mass is 428 g/mol. The molecule has 154 valence electrons. The van der Waals surface area contributed by atoms with Gasteiger partial charge in [0, 0.05) is 0 Å². The summed E-state index contributed by atoms with van der Waals surface area (Å²) in [5.41, 5.74) is 3.78. The second kappa shape index (κ2) is 8.24. The van der Waals surface area contributed by atoms with Crippen molar-refractivity contribution in [2.75, 3.05) is 13.2 Å². The van der Waals surface area contributed by atoms with Crippen LogP contribution in [0, 0.1) is 6.92 Å². The molecule has 5 nitrogen and oxygen atoms in total. The Bertz CT molecular complexity index is 1450. The van der Waals surface area contributed by atoms with E-state index in [9.17, 15) is 4.79 Å². The minimum absolute atomic E-state index is 0.0396. The van der Waals surface area contributed by atoms with Crippen molar-refractivity contribution in [2.24, 2.45) is 0 Å². The van der Waals surface area contributed by atoms with Gasteiger partial charge in [-0.15, -0.1) is 0 Å². The number of benzene rings is 3. The molecule has 0 amide bonds. The number of ether oxygens (including phenoxy) is 2. The van der Waals surface area contributed by atoms with E-state index in [1.165, 1.54) is 16.9 Å². The van der Waals surface area contributed by atoms with Crippen LogP contribution in [-0.4, -0.2) is 22.6 Å². The van der Waals surface area contributed by atoms with Gasteiger partial charge in [-0.05, 0) is 55.0 Å². The van der Waals surface area contributed by atoms with Gasteiger partial charge in [0.2, 0.25) is 0 Å². The predicted octanol–water partition coefficient (Wildman–Crippen LogP) is 4.22. The van der Waals surface area contributed by atoms with Gasteiger partial charge >= 0.3 is 0 Å². The van der Waals surface area contributed by atoms with Crippen LogP contribution in [0.15, 0.2) is 77.6 Å². The lowest BCUT2D eigenvalue weighted by atomic mass is 10.2. The average molecular weight is 429 g/mol. The Morgan fingerprint density at radius 1 is 0.903 bits per heavy atom. The summed E-state index contributed by atoms with van der Waals surface area (Å²) >= 11 is 1.40. The molecule has 0 aliphatic carbocycles. The first-order chi connectivity index (χ1) is 15.2. The molecule has 0 atom stereocenters. The van der Waals surface area contributed by atoms with Gasteiger partial charge < -0.3 is 9.47 Å². The molecule has 0 aliphatic rings. The van der Waals surface area contributed by atoms with Crippen molar-refractivity contribution in [1.82, 2.24) is 9.38 Å². The highest BCUT2D eigenvalue weighted by molar-refractivity contribution is 7.15. The molecule has 5 aromatic rings. The number of aromatic nitrogens is 2. The first-order valence-corrected chi connectivity index (χ1v) is 10.8. The van der Waals surface area contributed by atoms with Crippen LogP contribution in [0.5, 0.6) is 11.5 Å². The number of imidazole rings is 1. The zero-order valence-corrected chi connectivity index (χ0v) is 17.8. The van der Waals surface area contributed by atoms with Crippen LogP contribution in [0.4, 0.5) is 0 Å². The summed E-state index contributed by atoms with van der Waals surface area (Å²) in [7, 11) is 0. The first kappa shape index (κ1) is 19.3. The third kappa shape index (κ3) is 4.02. The zero-order valence-electron chi connectivity index (χ0n) is 16.9. The van der Waals surface area contributed by atoms with Crippen molar-refractivity contribution in [3.8, 4) is 11.5 Å². The molecule has 0 fully saturated rings. The summed E-state index contributed by atoms with van der Waals surface area (Å²) in [4.78, 5) is 18.1. The van der Waals surface area contributed by atoms with Crippen molar-refractivity contribution in [2.45, 2.75) is 6.92 Å². The van der Waals surface area contributed by atoms with Gasteiger partial charge in [-0.2, -0.15) is 0 Å². The third-order valence-electron chi connectivity index (χ3n) is 4.96. The highest BCUT2D eigenvalue weighted by Gasteiger charge is 2.10. The number of hydrogen-bond donors (Lipinski definition) is 0. The number of aryl methyl sites for hydroxylation is 1. The molecule has 0 saturated carbocycles. The van der Waals surface area contributed by atoms with E-state index in [1.807, 2.05) is 85.8 Å². The minimum atomic E-state index is -0.0396. The fraction of sp³-hybridized carbons (Fsp3) is 0.120. The quantitative estimate of drug-likeness (QED) is 0.380. The Hall–Kier alpha value is -3.64. The van der Waals surface area contributed by atoms with E-state index in [0.717, 1.165) is 28.1 Å². The van der Waals surface area contributed by atoms with Crippen LogP contribution >= 0.6 is 11.3 Å². The lowest BCUT2D eigenvalue weighted by Gasteiger charge is -2.08. The zero-order chi connectivity index (χ0) is 21.2. The van der Waals surface area contributed by atoms with Crippen molar-refractivity contribution in [3.05, 3.63) is 98.8 Å². The van der Waals surface area contributed by atoms with Crippen molar-refractivity contribution in [3.63, 3.8) is 0 Å². The summed E-state index contributed by atoms with van der Waals surface area (Å²) in [5, 5.41) is 0. The van der Waals surface area contributed by atoms with Gasteiger partial charge in [0.25, 0.3) is 5.56 Å². The Morgan fingerprint density at radius 2 is 1.55 bits per heavy atom. The van der Waals surface area contributed by atoms with Gasteiger partial charge in [-0.3, -0.25) is 4.79 Å². The van der Waals surface area contributed by atoms with Gasteiger partial charge in [-0.25, -0.2) is 9.38 Å². The largest absolute Gasteiger partial charge is 0.490 e. The summed E-state index contributed by atoms with van der Waals surface area (Å²) in [6.45, 7) is 2.97. The molecule has 0 N–H and O–H groups in total.